The maximum atomic E-state index is 12.6. The van der Waals surface area contributed by atoms with Crippen LogP contribution in [0.3, 0.4) is 0 Å². The van der Waals surface area contributed by atoms with Crippen molar-refractivity contribution in [1.29, 1.82) is 0 Å². The third kappa shape index (κ3) is 3.60. The Morgan fingerprint density at radius 3 is 2.89 bits per heavy atom. The van der Waals surface area contributed by atoms with Crippen molar-refractivity contribution in [2.45, 2.75) is 12.6 Å². The molecule has 3 heterocycles. The molecule has 0 aliphatic rings. The summed E-state index contributed by atoms with van der Waals surface area (Å²) >= 11 is 2.50. The molecule has 138 valence electrons. The number of benzene rings is 1. The van der Waals surface area contributed by atoms with Crippen LogP contribution in [0.4, 0.5) is 0 Å². The smallest absolute Gasteiger partial charge is 0.268 e. The normalized spacial score (nSPS) is 12.4. The number of aliphatic hydroxyl groups is 1. The maximum absolute atomic E-state index is 12.6. The van der Waals surface area contributed by atoms with E-state index in [0.29, 0.717) is 10.7 Å². The SMILES string of the molecule is NCC(NC(=O)c1ccc(-c2ccc3nsnc3c2)[nH]1)c1ncc(CO)s1. The van der Waals surface area contributed by atoms with Crippen molar-refractivity contribution in [2.75, 3.05) is 6.54 Å². The average molecular weight is 400 g/mol. The average Bonchev–Trinajstić information content (AvgIpc) is 3.45. The summed E-state index contributed by atoms with van der Waals surface area (Å²) in [6.07, 6.45) is 1.59. The van der Waals surface area contributed by atoms with Crippen LogP contribution >= 0.6 is 23.1 Å². The molecule has 1 amide bonds. The molecule has 0 saturated carbocycles. The molecule has 4 rings (SSSR count). The molecule has 0 bridgehead atoms. The summed E-state index contributed by atoms with van der Waals surface area (Å²) in [5, 5.41) is 12.7. The predicted molar refractivity (Wildman–Crippen MR) is 105 cm³/mol. The van der Waals surface area contributed by atoms with E-state index >= 15 is 0 Å². The van der Waals surface area contributed by atoms with Crippen LogP contribution in [0.1, 0.15) is 26.4 Å². The lowest BCUT2D eigenvalue weighted by molar-refractivity contribution is 0.0933. The molecule has 1 aromatic carbocycles. The first-order valence-electron chi connectivity index (χ1n) is 8.16. The summed E-state index contributed by atoms with van der Waals surface area (Å²) < 4.78 is 8.43. The summed E-state index contributed by atoms with van der Waals surface area (Å²) in [5.41, 5.74) is 9.64. The van der Waals surface area contributed by atoms with Gasteiger partial charge in [-0.3, -0.25) is 4.79 Å². The number of hydrogen-bond donors (Lipinski definition) is 4. The van der Waals surface area contributed by atoms with Gasteiger partial charge in [-0.25, -0.2) is 4.98 Å². The summed E-state index contributed by atoms with van der Waals surface area (Å²) in [6.45, 7) is 0.132. The standard InChI is InChI=1S/C17H16N6O2S2/c18-6-15(17-19-7-10(8-24)26-17)21-16(25)13-4-3-11(20-13)9-1-2-12-14(5-9)23-27-22-12/h1-5,7,15,20,24H,6,8,18H2,(H,21,25). The van der Waals surface area contributed by atoms with E-state index in [1.807, 2.05) is 24.3 Å². The molecule has 0 saturated heterocycles. The van der Waals surface area contributed by atoms with Crippen LogP contribution in [0.15, 0.2) is 36.5 Å². The van der Waals surface area contributed by atoms with Gasteiger partial charge in [-0.15, -0.1) is 11.3 Å². The summed E-state index contributed by atoms with van der Waals surface area (Å²) in [6, 6.07) is 8.93. The molecule has 0 fully saturated rings. The van der Waals surface area contributed by atoms with Gasteiger partial charge < -0.3 is 21.1 Å². The molecule has 4 aromatic rings. The highest BCUT2D eigenvalue weighted by atomic mass is 32.1. The quantitative estimate of drug-likeness (QED) is 0.392. The lowest BCUT2D eigenvalue weighted by Gasteiger charge is -2.13. The van der Waals surface area contributed by atoms with Crippen molar-refractivity contribution < 1.29 is 9.90 Å². The van der Waals surface area contributed by atoms with E-state index < -0.39 is 6.04 Å². The molecule has 8 nitrogen and oxygen atoms in total. The molecule has 27 heavy (non-hydrogen) atoms. The Morgan fingerprint density at radius 2 is 2.11 bits per heavy atom. The van der Waals surface area contributed by atoms with Crippen LogP contribution in [-0.4, -0.2) is 36.3 Å². The van der Waals surface area contributed by atoms with Crippen LogP contribution in [0.25, 0.3) is 22.3 Å². The molecule has 0 radical (unpaired) electrons. The number of aliphatic hydroxyl groups excluding tert-OH is 1. The second-order valence-corrected chi connectivity index (χ2v) is 7.51. The zero-order chi connectivity index (χ0) is 18.8. The van der Waals surface area contributed by atoms with E-state index in [-0.39, 0.29) is 19.1 Å². The fourth-order valence-electron chi connectivity index (χ4n) is 2.66. The number of fused-ring (bicyclic) bond motifs is 1. The highest BCUT2D eigenvalue weighted by Gasteiger charge is 2.19. The van der Waals surface area contributed by atoms with Crippen LogP contribution in [0.5, 0.6) is 0 Å². The Hall–Kier alpha value is -2.66. The van der Waals surface area contributed by atoms with Crippen molar-refractivity contribution in [3.05, 3.63) is 52.1 Å². The number of rotatable bonds is 6. The minimum absolute atomic E-state index is 0.0816. The lowest BCUT2D eigenvalue weighted by atomic mass is 10.1. The van der Waals surface area contributed by atoms with Crippen LogP contribution in [-0.2, 0) is 6.61 Å². The third-order valence-electron chi connectivity index (χ3n) is 4.06. The van der Waals surface area contributed by atoms with E-state index in [2.05, 4.69) is 24.0 Å². The Bertz CT molecular complexity index is 1090. The second kappa shape index (κ2) is 7.53. The van der Waals surface area contributed by atoms with Gasteiger partial charge >= 0.3 is 0 Å². The fourth-order valence-corrected chi connectivity index (χ4v) is 4.02. The van der Waals surface area contributed by atoms with E-state index in [1.165, 1.54) is 23.1 Å². The van der Waals surface area contributed by atoms with E-state index in [1.54, 1.807) is 12.3 Å². The summed E-state index contributed by atoms with van der Waals surface area (Å²) in [5.74, 6) is -0.270. The Balaban J connectivity index is 1.52. The molecule has 5 N–H and O–H groups in total. The van der Waals surface area contributed by atoms with Gasteiger partial charge in [0.25, 0.3) is 5.91 Å². The number of nitrogens with two attached hydrogens (primary N) is 1. The van der Waals surface area contributed by atoms with Crippen molar-refractivity contribution in [3.8, 4) is 11.3 Å². The number of H-pyrrole nitrogens is 1. The minimum Gasteiger partial charge on any atom is -0.391 e. The topological polar surface area (TPSA) is 130 Å². The molecule has 1 unspecified atom stereocenters. The molecule has 0 aliphatic heterocycles. The lowest BCUT2D eigenvalue weighted by Crippen LogP contribution is -2.33. The molecule has 10 heteroatoms. The molecular weight excluding hydrogens is 384 g/mol. The number of aromatic nitrogens is 4. The Morgan fingerprint density at radius 1 is 1.26 bits per heavy atom. The van der Waals surface area contributed by atoms with Crippen molar-refractivity contribution in [3.63, 3.8) is 0 Å². The van der Waals surface area contributed by atoms with Crippen LogP contribution < -0.4 is 11.1 Å². The van der Waals surface area contributed by atoms with Gasteiger partial charge in [0.05, 0.1) is 29.3 Å². The number of thiazole rings is 1. The van der Waals surface area contributed by atoms with Gasteiger partial charge in [-0.1, -0.05) is 6.07 Å². The van der Waals surface area contributed by atoms with Crippen LogP contribution in [0.2, 0.25) is 0 Å². The number of aromatic amines is 1. The number of nitrogens with one attached hydrogen (secondary N) is 2. The first-order valence-corrected chi connectivity index (χ1v) is 9.70. The second-order valence-electron chi connectivity index (χ2n) is 5.84. The summed E-state index contributed by atoms with van der Waals surface area (Å²) in [4.78, 5) is 20.7. The zero-order valence-electron chi connectivity index (χ0n) is 14.0. The number of carbonyl (C=O) groups is 1. The molecule has 1 atom stereocenters. The minimum atomic E-state index is -0.410. The number of hydrogen-bond acceptors (Lipinski definition) is 8. The molecule has 0 spiro atoms. The van der Waals surface area contributed by atoms with Gasteiger partial charge in [0.1, 0.15) is 21.7 Å². The molecule has 3 aromatic heterocycles. The predicted octanol–water partition coefficient (Wildman–Crippen LogP) is 2.06. The van der Waals surface area contributed by atoms with Crippen molar-refractivity contribution in [1.82, 2.24) is 24.0 Å². The number of carbonyl (C=O) groups excluding carboxylic acids is 1. The molecule has 0 aliphatic carbocycles. The van der Waals surface area contributed by atoms with E-state index in [0.717, 1.165) is 27.2 Å². The van der Waals surface area contributed by atoms with Crippen LogP contribution in [0, 0.1) is 0 Å². The fraction of sp³-hybridized carbons (Fsp3) is 0.176. The zero-order valence-corrected chi connectivity index (χ0v) is 15.7. The Kier molecular flexibility index (Phi) is 4.94. The van der Waals surface area contributed by atoms with Gasteiger partial charge in [-0.05, 0) is 24.3 Å². The molecular formula is C17H16N6O2S2. The third-order valence-corrected chi connectivity index (χ3v) is 5.71. The van der Waals surface area contributed by atoms with Gasteiger partial charge in [-0.2, -0.15) is 8.75 Å². The van der Waals surface area contributed by atoms with Crippen molar-refractivity contribution >= 4 is 40.0 Å². The highest BCUT2D eigenvalue weighted by molar-refractivity contribution is 7.11. The van der Waals surface area contributed by atoms with Gasteiger partial charge in [0.2, 0.25) is 0 Å². The first kappa shape index (κ1) is 17.7. The first-order chi connectivity index (χ1) is 13.2. The number of nitrogens with zero attached hydrogens (tertiary/aromatic N) is 3. The van der Waals surface area contributed by atoms with Crippen molar-refractivity contribution in [2.24, 2.45) is 5.73 Å². The van der Waals surface area contributed by atoms with Gasteiger partial charge in [0, 0.05) is 24.0 Å². The number of amides is 1. The Labute approximate surface area is 162 Å². The summed E-state index contributed by atoms with van der Waals surface area (Å²) in [7, 11) is 0. The largest absolute Gasteiger partial charge is 0.391 e. The van der Waals surface area contributed by atoms with E-state index in [9.17, 15) is 4.79 Å². The van der Waals surface area contributed by atoms with E-state index in [4.69, 9.17) is 10.8 Å². The van der Waals surface area contributed by atoms with Gasteiger partial charge in [0.15, 0.2) is 0 Å². The highest BCUT2D eigenvalue weighted by Crippen LogP contribution is 2.24. The monoisotopic (exact) mass is 400 g/mol. The maximum Gasteiger partial charge on any atom is 0.268 e.